The largest absolute Gasteiger partial charge is 0.382 e. The molecule has 1 heterocycles. The fourth-order valence-electron chi connectivity index (χ4n) is 2.60. The number of anilines is 1. The highest BCUT2D eigenvalue weighted by atomic mass is 35.5. The zero-order valence-corrected chi connectivity index (χ0v) is 12.2. The van der Waals surface area contributed by atoms with Crippen LogP contribution in [0.4, 0.5) is 5.69 Å². The monoisotopic (exact) mass is 283 g/mol. The second-order valence-corrected chi connectivity index (χ2v) is 5.66. The summed E-state index contributed by atoms with van der Waals surface area (Å²) in [7, 11) is 0. The first-order valence-electron chi connectivity index (χ1n) is 7.22. The van der Waals surface area contributed by atoms with Crippen molar-refractivity contribution in [3.63, 3.8) is 0 Å². The van der Waals surface area contributed by atoms with Gasteiger partial charge in [0.2, 0.25) is 0 Å². The molecule has 1 aromatic rings. The molecule has 0 bridgehead atoms. The predicted octanol–water partition coefficient (Wildman–Crippen LogP) is 3.30. The topological polar surface area (TPSA) is 46.9 Å². The maximum atomic E-state index is 12.0. The Labute approximate surface area is 119 Å². The second-order valence-electron chi connectivity index (χ2n) is 5.29. The first-order chi connectivity index (χ1) is 9.22. The fraction of sp³-hybridized carbons (Fsp3) is 0.714. The van der Waals surface area contributed by atoms with Crippen molar-refractivity contribution >= 4 is 17.3 Å². The molecule has 0 aromatic carbocycles. The van der Waals surface area contributed by atoms with Crippen molar-refractivity contribution in [1.82, 2.24) is 9.78 Å². The first-order valence-corrected chi connectivity index (χ1v) is 7.59. The standard InChI is InChI=1S/C14H22ClN3O/c1-2-8-18-14(19)13(15)12(10-17-18)16-9-11-6-4-3-5-7-11/h10-11,16H,2-9H2,1H3. The van der Waals surface area contributed by atoms with Crippen LogP contribution >= 0.6 is 11.6 Å². The van der Waals surface area contributed by atoms with Crippen LogP contribution in [0, 0.1) is 5.92 Å². The normalized spacial score (nSPS) is 16.5. The Morgan fingerprint density at radius 3 is 2.84 bits per heavy atom. The Bertz CT molecular complexity index is 466. The van der Waals surface area contributed by atoms with Gasteiger partial charge in [-0.3, -0.25) is 4.79 Å². The number of rotatable bonds is 5. The van der Waals surface area contributed by atoms with E-state index in [-0.39, 0.29) is 10.6 Å². The third-order valence-electron chi connectivity index (χ3n) is 3.73. The van der Waals surface area contributed by atoms with Gasteiger partial charge in [0, 0.05) is 13.1 Å². The fourth-order valence-corrected chi connectivity index (χ4v) is 2.82. The van der Waals surface area contributed by atoms with E-state index in [1.54, 1.807) is 6.20 Å². The van der Waals surface area contributed by atoms with Crippen molar-refractivity contribution in [2.24, 2.45) is 5.92 Å². The van der Waals surface area contributed by atoms with E-state index >= 15 is 0 Å². The number of nitrogens with one attached hydrogen (secondary N) is 1. The number of hydrogen-bond donors (Lipinski definition) is 1. The van der Waals surface area contributed by atoms with Crippen LogP contribution in [0.15, 0.2) is 11.0 Å². The molecule has 106 valence electrons. The summed E-state index contributed by atoms with van der Waals surface area (Å²) in [4.78, 5) is 12.0. The van der Waals surface area contributed by atoms with Gasteiger partial charge in [-0.2, -0.15) is 5.10 Å². The molecule has 0 atom stereocenters. The molecular formula is C14H22ClN3O. The summed E-state index contributed by atoms with van der Waals surface area (Å²) in [6.07, 6.45) is 9.06. The lowest BCUT2D eigenvalue weighted by Gasteiger charge is -2.22. The van der Waals surface area contributed by atoms with Gasteiger partial charge in [0.1, 0.15) is 5.02 Å². The van der Waals surface area contributed by atoms with Crippen molar-refractivity contribution in [2.75, 3.05) is 11.9 Å². The Balaban J connectivity index is 2.00. The van der Waals surface area contributed by atoms with E-state index in [0.29, 0.717) is 18.2 Å². The SMILES string of the molecule is CCCn1ncc(NCC2CCCCC2)c(Cl)c1=O. The molecule has 1 aromatic heterocycles. The molecule has 1 saturated carbocycles. The molecule has 0 radical (unpaired) electrons. The van der Waals surface area contributed by atoms with Gasteiger partial charge in [-0.05, 0) is 25.2 Å². The van der Waals surface area contributed by atoms with E-state index in [1.807, 2.05) is 6.92 Å². The highest BCUT2D eigenvalue weighted by Crippen LogP contribution is 2.24. The van der Waals surface area contributed by atoms with Gasteiger partial charge in [-0.25, -0.2) is 4.68 Å². The molecule has 5 heteroatoms. The van der Waals surface area contributed by atoms with Gasteiger partial charge in [-0.1, -0.05) is 37.8 Å². The summed E-state index contributed by atoms with van der Waals surface area (Å²) in [6.45, 7) is 3.51. The molecule has 19 heavy (non-hydrogen) atoms. The van der Waals surface area contributed by atoms with Crippen molar-refractivity contribution in [1.29, 1.82) is 0 Å². The highest BCUT2D eigenvalue weighted by molar-refractivity contribution is 6.32. The van der Waals surface area contributed by atoms with E-state index in [0.717, 1.165) is 13.0 Å². The second kappa shape index (κ2) is 6.94. The maximum absolute atomic E-state index is 12.0. The lowest BCUT2D eigenvalue weighted by molar-refractivity contribution is 0.373. The van der Waals surface area contributed by atoms with Crippen LogP contribution in [0.25, 0.3) is 0 Å². The van der Waals surface area contributed by atoms with Crippen LogP contribution in [0.5, 0.6) is 0 Å². The van der Waals surface area contributed by atoms with Crippen LogP contribution in [-0.2, 0) is 6.54 Å². The van der Waals surface area contributed by atoms with Crippen LogP contribution in [0.3, 0.4) is 0 Å². The molecular weight excluding hydrogens is 262 g/mol. The van der Waals surface area contributed by atoms with Gasteiger partial charge in [0.05, 0.1) is 11.9 Å². The predicted molar refractivity (Wildman–Crippen MR) is 78.9 cm³/mol. The molecule has 1 fully saturated rings. The van der Waals surface area contributed by atoms with E-state index in [9.17, 15) is 4.79 Å². The Morgan fingerprint density at radius 2 is 2.16 bits per heavy atom. The average Bonchev–Trinajstić information content (AvgIpc) is 2.44. The molecule has 0 saturated heterocycles. The van der Waals surface area contributed by atoms with Crippen LogP contribution in [0.2, 0.25) is 5.02 Å². The molecule has 2 rings (SSSR count). The number of halogens is 1. The van der Waals surface area contributed by atoms with Crippen LogP contribution in [-0.4, -0.2) is 16.3 Å². The molecule has 0 amide bonds. The summed E-state index contributed by atoms with van der Waals surface area (Å²) >= 11 is 6.12. The maximum Gasteiger partial charge on any atom is 0.287 e. The Kier molecular flexibility index (Phi) is 5.25. The molecule has 1 aliphatic carbocycles. The summed E-state index contributed by atoms with van der Waals surface area (Å²) < 4.78 is 1.42. The molecule has 1 aliphatic rings. The Hall–Kier alpha value is -1.03. The van der Waals surface area contributed by atoms with Crippen LogP contribution < -0.4 is 10.9 Å². The smallest absolute Gasteiger partial charge is 0.287 e. The van der Waals surface area contributed by atoms with E-state index in [2.05, 4.69) is 10.4 Å². The quantitative estimate of drug-likeness (QED) is 0.902. The minimum Gasteiger partial charge on any atom is -0.382 e. The average molecular weight is 284 g/mol. The van der Waals surface area contributed by atoms with Gasteiger partial charge < -0.3 is 5.32 Å². The molecule has 0 unspecified atom stereocenters. The molecule has 0 aliphatic heterocycles. The van der Waals surface area contributed by atoms with E-state index in [1.165, 1.54) is 36.8 Å². The zero-order valence-electron chi connectivity index (χ0n) is 11.5. The zero-order chi connectivity index (χ0) is 13.7. The summed E-state index contributed by atoms with van der Waals surface area (Å²) in [5.74, 6) is 0.697. The first kappa shape index (κ1) is 14.4. The van der Waals surface area contributed by atoms with Gasteiger partial charge in [0.25, 0.3) is 5.56 Å². The van der Waals surface area contributed by atoms with Crippen molar-refractivity contribution in [2.45, 2.75) is 52.0 Å². The third kappa shape index (κ3) is 3.72. The van der Waals surface area contributed by atoms with Gasteiger partial charge in [0.15, 0.2) is 0 Å². The van der Waals surface area contributed by atoms with E-state index in [4.69, 9.17) is 11.6 Å². The van der Waals surface area contributed by atoms with Crippen molar-refractivity contribution in [3.8, 4) is 0 Å². The van der Waals surface area contributed by atoms with Crippen LogP contribution in [0.1, 0.15) is 45.4 Å². The number of aromatic nitrogens is 2. The van der Waals surface area contributed by atoms with Crippen molar-refractivity contribution < 1.29 is 0 Å². The summed E-state index contributed by atoms with van der Waals surface area (Å²) in [6, 6.07) is 0. The summed E-state index contributed by atoms with van der Waals surface area (Å²) in [5, 5.41) is 7.70. The summed E-state index contributed by atoms with van der Waals surface area (Å²) in [5.41, 5.74) is 0.474. The molecule has 4 nitrogen and oxygen atoms in total. The number of hydrogen-bond acceptors (Lipinski definition) is 3. The van der Waals surface area contributed by atoms with Gasteiger partial charge in [-0.15, -0.1) is 0 Å². The third-order valence-corrected chi connectivity index (χ3v) is 4.09. The van der Waals surface area contributed by atoms with Gasteiger partial charge >= 0.3 is 0 Å². The molecule has 0 spiro atoms. The number of aryl methyl sites for hydroxylation is 1. The Morgan fingerprint density at radius 1 is 1.42 bits per heavy atom. The lowest BCUT2D eigenvalue weighted by atomic mass is 9.89. The minimum atomic E-state index is -0.197. The van der Waals surface area contributed by atoms with E-state index < -0.39 is 0 Å². The molecule has 1 N–H and O–H groups in total. The lowest BCUT2D eigenvalue weighted by Crippen LogP contribution is -2.25. The minimum absolute atomic E-state index is 0.197. The highest BCUT2D eigenvalue weighted by Gasteiger charge is 2.14. The number of nitrogens with zero attached hydrogens (tertiary/aromatic N) is 2. The van der Waals surface area contributed by atoms with Crippen molar-refractivity contribution in [3.05, 3.63) is 21.6 Å².